The molecule has 2 aromatic heterocycles. The van der Waals surface area contributed by atoms with E-state index < -0.39 is 0 Å². The smallest absolute Gasteiger partial charge is 0.271 e. The summed E-state index contributed by atoms with van der Waals surface area (Å²) in [6.07, 6.45) is 3.08. The Kier molecular flexibility index (Phi) is 5.36. The molecule has 2 heterocycles. The first kappa shape index (κ1) is 16.6. The highest BCUT2D eigenvalue weighted by molar-refractivity contribution is 7.17. The summed E-state index contributed by atoms with van der Waals surface area (Å²) < 4.78 is 0. The summed E-state index contributed by atoms with van der Waals surface area (Å²) in [5, 5.41) is 4.64. The molecule has 0 bridgehead atoms. The maximum absolute atomic E-state index is 11.9. The predicted octanol–water partition coefficient (Wildman–Crippen LogP) is 1.46. The van der Waals surface area contributed by atoms with Gasteiger partial charge in [0.05, 0.1) is 16.3 Å². The number of nitrogens with one attached hydrogen (secondary N) is 3. The molecule has 0 fully saturated rings. The van der Waals surface area contributed by atoms with E-state index in [9.17, 15) is 9.59 Å². The van der Waals surface area contributed by atoms with Crippen molar-refractivity contribution < 1.29 is 9.59 Å². The van der Waals surface area contributed by atoms with Crippen molar-refractivity contribution in [2.24, 2.45) is 5.10 Å². The number of hydrogen-bond donors (Lipinski definition) is 3. The summed E-state index contributed by atoms with van der Waals surface area (Å²) in [6.45, 7) is 5.00. The van der Waals surface area contributed by atoms with E-state index in [0.29, 0.717) is 16.4 Å². The van der Waals surface area contributed by atoms with Gasteiger partial charge in [-0.2, -0.15) is 5.10 Å². The van der Waals surface area contributed by atoms with Crippen molar-refractivity contribution in [3.05, 3.63) is 40.7 Å². The van der Waals surface area contributed by atoms with Crippen LogP contribution < -0.4 is 16.3 Å². The number of aryl methyl sites for hydroxylation is 1. The topological polar surface area (TPSA) is 108 Å². The fourth-order valence-corrected chi connectivity index (χ4v) is 2.54. The maximum atomic E-state index is 11.9. The van der Waals surface area contributed by atoms with Crippen LogP contribution in [0.15, 0.2) is 29.6 Å². The molecular weight excluding hydrogens is 316 g/mol. The summed E-state index contributed by atoms with van der Waals surface area (Å²) in [6, 6.07) is 3.21. The number of nitrogens with zero attached hydrogens (tertiary/aromatic N) is 3. The molecule has 0 aliphatic rings. The van der Waals surface area contributed by atoms with Crippen LogP contribution in [0, 0.1) is 6.92 Å². The highest BCUT2D eigenvalue weighted by atomic mass is 32.1. The van der Waals surface area contributed by atoms with Crippen molar-refractivity contribution in [2.45, 2.75) is 20.8 Å². The number of rotatable bonds is 5. The van der Waals surface area contributed by atoms with E-state index in [0.717, 1.165) is 10.6 Å². The molecule has 0 atom stereocenters. The van der Waals surface area contributed by atoms with Crippen LogP contribution in [0.1, 0.15) is 34.8 Å². The van der Waals surface area contributed by atoms with Crippen LogP contribution in [0.4, 0.5) is 5.13 Å². The number of amides is 2. The number of anilines is 1. The van der Waals surface area contributed by atoms with Crippen LogP contribution in [-0.2, 0) is 4.79 Å². The van der Waals surface area contributed by atoms with Gasteiger partial charge in [0.2, 0.25) is 11.0 Å². The third-order valence-electron chi connectivity index (χ3n) is 2.74. The molecule has 9 heteroatoms. The molecule has 3 N–H and O–H groups in total. The minimum Gasteiger partial charge on any atom is -0.274 e. The van der Waals surface area contributed by atoms with Crippen LogP contribution in [0.2, 0.25) is 0 Å². The van der Waals surface area contributed by atoms with Gasteiger partial charge in [0.1, 0.15) is 0 Å². The summed E-state index contributed by atoms with van der Waals surface area (Å²) in [4.78, 5) is 31.8. The van der Waals surface area contributed by atoms with Gasteiger partial charge in [0.15, 0.2) is 0 Å². The number of hydrogen-bond acceptors (Lipinski definition) is 7. The third kappa shape index (κ3) is 4.58. The van der Waals surface area contributed by atoms with Crippen molar-refractivity contribution in [2.75, 3.05) is 5.43 Å². The molecule has 8 nitrogen and oxygen atoms in total. The first-order valence-electron chi connectivity index (χ1n) is 6.72. The van der Waals surface area contributed by atoms with E-state index in [-0.39, 0.29) is 11.8 Å². The zero-order chi connectivity index (χ0) is 16.8. The second-order valence-electron chi connectivity index (χ2n) is 4.61. The first-order chi connectivity index (χ1) is 11.0. The average molecular weight is 332 g/mol. The fraction of sp³-hybridized carbons (Fsp3) is 0.214. The molecule has 0 aliphatic carbocycles. The fourth-order valence-electron chi connectivity index (χ4n) is 1.68. The zero-order valence-corrected chi connectivity index (χ0v) is 13.7. The molecule has 2 rings (SSSR count). The molecule has 120 valence electrons. The Bertz CT molecular complexity index is 741. The van der Waals surface area contributed by atoms with E-state index >= 15 is 0 Å². The number of hydrazine groups is 1. The van der Waals surface area contributed by atoms with Gasteiger partial charge < -0.3 is 0 Å². The van der Waals surface area contributed by atoms with E-state index in [1.165, 1.54) is 18.3 Å². The summed E-state index contributed by atoms with van der Waals surface area (Å²) in [7, 11) is 0. The van der Waals surface area contributed by atoms with Gasteiger partial charge in [-0.1, -0.05) is 11.3 Å². The lowest BCUT2D eigenvalue weighted by Crippen LogP contribution is -2.26. The Balaban J connectivity index is 2.06. The van der Waals surface area contributed by atoms with E-state index in [1.807, 2.05) is 6.92 Å². The molecule has 0 saturated carbocycles. The van der Waals surface area contributed by atoms with Crippen LogP contribution in [-0.4, -0.2) is 27.5 Å². The molecule has 0 aromatic carbocycles. The van der Waals surface area contributed by atoms with Crippen LogP contribution in [0.3, 0.4) is 0 Å². The molecule has 0 saturated heterocycles. The summed E-state index contributed by atoms with van der Waals surface area (Å²) in [5.41, 5.74) is 9.51. The van der Waals surface area contributed by atoms with Gasteiger partial charge in [-0.15, -0.1) is 0 Å². The number of thiazole rings is 1. The molecule has 0 aliphatic heterocycles. The second-order valence-corrected chi connectivity index (χ2v) is 5.61. The quantitative estimate of drug-likeness (QED) is 0.567. The van der Waals surface area contributed by atoms with Crippen molar-refractivity contribution in [1.29, 1.82) is 0 Å². The SMILES string of the molecule is CC(=O)NNc1nc(C)c(/C(C)=N/NC(=O)c2ccncc2)s1. The van der Waals surface area contributed by atoms with E-state index in [1.54, 1.807) is 31.5 Å². The van der Waals surface area contributed by atoms with Crippen molar-refractivity contribution in [3.8, 4) is 0 Å². The van der Waals surface area contributed by atoms with Crippen LogP contribution in [0.5, 0.6) is 0 Å². The van der Waals surface area contributed by atoms with Gasteiger partial charge >= 0.3 is 0 Å². The van der Waals surface area contributed by atoms with Gasteiger partial charge in [-0.3, -0.25) is 25.4 Å². The number of carbonyl (C=O) groups excluding carboxylic acids is 2. The maximum Gasteiger partial charge on any atom is 0.271 e. The molecule has 0 unspecified atom stereocenters. The molecule has 2 amide bonds. The lowest BCUT2D eigenvalue weighted by Gasteiger charge is -2.01. The number of carbonyl (C=O) groups is 2. The molecule has 2 aromatic rings. The number of pyridine rings is 1. The highest BCUT2D eigenvalue weighted by Crippen LogP contribution is 2.22. The van der Waals surface area contributed by atoms with Crippen LogP contribution in [0.25, 0.3) is 0 Å². The zero-order valence-electron chi connectivity index (χ0n) is 12.9. The standard InChI is InChI=1S/C14H16N6O2S/c1-8-12(23-14(16-8)20-18-10(3)21)9(2)17-19-13(22)11-4-6-15-7-5-11/h4-7H,1-3H3,(H,16,20)(H,18,21)(H,19,22)/b17-9+. The number of aromatic nitrogens is 2. The van der Waals surface area contributed by atoms with Crippen molar-refractivity contribution >= 4 is 34.0 Å². The molecule has 0 radical (unpaired) electrons. The van der Waals surface area contributed by atoms with Gasteiger partial charge in [-0.05, 0) is 26.0 Å². The van der Waals surface area contributed by atoms with E-state index in [4.69, 9.17) is 0 Å². The third-order valence-corrected chi connectivity index (χ3v) is 3.92. The normalized spacial score (nSPS) is 11.0. The van der Waals surface area contributed by atoms with Crippen LogP contribution >= 0.6 is 11.3 Å². The highest BCUT2D eigenvalue weighted by Gasteiger charge is 2.11. The van der Waals surface area contributed by atoms with Crippen molar-refractivity contribution in [1.82, 2.24) is 20.8 Å². The van der Waals surface area contributed by atoms with Gasteiger partial charge in [0.25, 0.3) is 5.91 Å². The predicted molar refractivity (Wildman–Crippen MR) is 88.2 cm³/mol. The monoisotopic (exact) mass is 332 g/mol. The molecular formula is C14H16N6O2S. The number of hydrazone groups is 1. The Morgan fingerprint density at radius 2 is 1.91 bits per heavy atom. The van der Waals surface area contributed by atoms with E-state index in [2.05, 4.69) is 31.3 Å². The molecule has 23 heavy (non-hydrogen) atoms. The minimum absolute atomic E-state index is 0.214. The minimum atomic E-state index is -0.314. The Labute approximate surface area is 137 Å². The second kappa shape index (κ2) is 7.45. The Morgan fingerprint density at radius 3 is 2.57 bits per heavy atom. The molecule has 0 spiro atoms. The Morgan fingerprint density at radius 1 is 1.22 bits per heavy atom. The van der Waals surface area contributed by atoms with Crippen molar-refractivity contribution in [3.63, 3.8) is 0 Å². The van der Waals surface area contributed by atoms with Gasteiger partial charge in [0, 0.05) is 24.9 Å². The average Bonchev–Trinajstić information content (AvgIpc) is 2.92. The lowest BCUT2D eigenvalue weighted by atomic mass is 10.2. The van der Waals surface area contributed by atoms with Gasteiger partial charge in [-0.25, -0.2) is 10.4 Å². The summed E-state index contributed by atoms with van der Waals surface area (Å²) >= 11 is 1.33. The largest absolute Gasteiger partial charge is 0.274 e. The first-order valence-corrected chi connectivity index (χ1v) is 7.54. The Hall–Kier alpha value is -2.81. The summed E-state index contributed by atoms with van der Waals surface area (Å²) in [5.74, 6) is -0.528. The lowest BCUT2D eigenvalue weighted by molar-refractivity contribution is -0.118.